The summed E-state index contributed by atoms with van der Waals surface area (Å²) in [6.07, 6.45) is -0.612. The van der Waals surface area contributed by atoms with Crippen LogP contribution < -0.4 is 19.7 Å². The smallest absolute Gasteiger partial charge is 0.421 e. The Hall–Kier alpha value is -3.59. The number of carbonyl (C=O) groups excluding carboxylic acids is 2. The molecule has 3 aromatic rings. The maximum Gasteiger partial charge on any atom is 0.421 e. The van der Waals surface area contributed by atoms with Crippen LogP contribution >= 0.6 is 11.6 Å². The zero-order chi connectivity index (χ0) is 21.3. The van der Waals surface area contributed by atoms with Crippen molar-refractivity contribution in [2.45, 2.75) is 6.92 Å². The van der Waals surface area contributed by atoms with Crippen molar-refractivity contribution in [2.75, 3.05) is 23.4 Å². The Labute approximate surface area is 177 Å². The normalized spacial score (nSPS) is 12.6. The predicted molar refractivity (Wildman–Crippen MR) is 111 cm³/mol. The highest BCUT2D eigenvalue weighted by molar-refractivity contribution is 6.32. The molecule has 1 N–H and O–H groups in total. The fourth-order valence-corrected chi connectivity index (χ4v) is 3.28. The number of rotatable bonds is 4. The number of ether oxygens (including phenoxy) is 2. The lowest BCUT2D eigenvalue weighted by Crippen LogP contribution is -2.35. The maximum atomic E-state index is 12.9. The molecule has 154 valence electrons. The topological polar surface area (TPSA) is 98.6 Å². The third kappa shape index (κ3) is 3.67. The van der Waals surface area contributed by atoms with E-state index in [2.05, 4.69) is 15.6 Å². The molecule has 4 rings (SSSR count). The molecule has 2 heterocycles. The minimum Gasteiger partial charge on any atom is -0.482 e. The molecule has 9 nitrogen and oxygen atoms in total. The number of nitrogens with zero attached hydrogens (tertiary/aromatic N) is 4. The molecule has 1 aliphatic rings. The van der Waals surface area contributed by atoms with Crippen LogP contribution in [0.2, 0.25) is 5.02 Å². The summed E-state index contributed by atoms with van der Waals surface area (Å²) in [7, 11) is 1.69. The number of aryl methyl sites for hydroxylation is 1. The minimum atomic E-state index is -0.612. The van der Waals surface area contributed by atoms with E-state index in [1.165, 1.54) is 9.58 Å². The Kier molecular flexibility index (Phi) is 5.28. The van der Waals surface area contributed by atoms with Crippen LogP contribution in [0.4, 0.5) is 16.3 Å². The highest BCUT2D eigenvalue weighted by atomic mass is 35.5. The van der Waals surface area contributed by atoms with E-state index in [9.17, 15) is 9.59 Å². The van der Waals surface area contributed by atoms with Crippen LogP contribution in [0.5, 0.6) is 11.5 Å². The maximum absolute atomic E-state index is 12.9. The fraction of sp³-hybridized carbons (Fsp3) is 0.200. The van der Waals surface area contributed by atoms with Crippen molar-refractivity contribution in [3.8, 4) is 22.8 Å². The Bertz CT molecular complexity index is 1130. The lowest BCUT2D eigenvalue weighted by molar-refractivity contribution is -0.118. The molecule has 0 bridgehead atoms. The first-order valence-electron chi connectivity index (χ1n) is 9.18. The number of para-hydroxylation sites is 1. The van der Waals surface area contributed by atoms with Gasteiger partial charge >= 0.3 is 6.09 Å². The number of anilines is 2. The van der Waals surface area contributed by atoms with E-state index < -0.39 is 6.09 Å². The monoisotopic (exact) mass is 427 g/mol. The van der Waals surface area contributed by atoms with Gasteiger partial charge in [0.05, 0.1) is 10.7 Å². The highest BCUT2D eigenvalue weighted by Crippen LogP contribution is 2.36. The largest absolute Gasteiger partial charge is 0.482 e. The summed E-state index contributed by atoms with van der Waals surface area (Å²) in [6, 6.07) is 12.0. The van der Waals surface area contributed by atoms with Gasteiger partial charge in [0, 0.05) is 19.2 Å². The third-order valence-electron chi connectivity index (χ3n) is 4.51. The number of hydrogen-bond acceptors (Lipinski definition) is 6. The molecule has 2 amide bonds. The van der Waals surface area contributed by atoms with Crippen molar-refractivity contribution in [1.82, 2.24) is 15.0 Å². The van der Waals surface area contributed by atoms with Crippen LogP contribution in [0.15, 0.2) is 42.5 Å². The average Bonchev–Trinajstić information content (AvgIpc) is 3.11. The van der Waals surface area contributed by atoms with Crippen LogP contribution in [-0.2, 0) is 11.8 Å². The minimum absolute atomic E-state index is 0.0605. The fourth-order valence-electron chi connectivity index (χ4n) is 3.11. The molecule has 30 heavy (non-hydrogen) atoms. The zero-order valence-electron chi connectivity index (χ0n) is 16.3. The van der Waals surface area contributed by atoms with Gasteiger partial charge in [-0.05, 0) is 31.2 Å². The summed E-state index contributed by atoms with van der Waals surface area (Å²) in [6.45, 7) is 2.07. The van der Waals surface area contributed by atoms with Crippen LogP contribution in [0, 0.1) is 0 Å². The standard InChI is InChI=1S/C20H18ClN5O4/c1-3-26(20(28)30-15-7-5-4-6-13(15)21)19-18(23-24-25(19)2)12-8-9-14-16(10-12)29-11-17(27)22-14/h4-10H,3,11H2,1-2H3,(H,22,27). The van der Waals surface area contributed by atoms with E-state index in [4.69, 9.17) is 21.1 Å². The van der Waals surface area contributed by atoms with Crippen LogP contribution in [0.3, 0.4) is 0 Å². The molecular formula is C20H18ClN5O4. The number of halogens is 1. The van der Waals surface area contributed by atoms with E-state index in [0.29, 0.717) is 40.1 Å². The number of fused-ring (bicyclic) bond motifs is 1. The molecule has 0 atom stereocenters. The number of hydrogen-bond donors (Lipinski definition) is 1. The second-order valence-electron chi connectivity index (χ2n) is 6.48. The molecule has 0 spiro atoms. The summed E-state index contributed by atoms with van der Waals surface area (Å²) in [5, 5.41) is 11.4. The molecule has 1 aliphatic heterocycles. The van der Waals surface area contributed by atoms with Gasteiger partial charge in [0.1, 0.15) is 11.4 Å². The number of carbonyl (C=O) groups is 2. The number of aromatic nitrogens is 3. The summed E-state index contributed by atoms with van der Waals surface area (Å²) in [4.78, 5) is 25.8. The predicted octanol–water partition coefficient (Wildman–Crippen LogP) is 3.49. The summed E-state index contributed by atoms with van der Waals surface area (Å²) >= 11 is 6.11. The van der Waals surface area contributed by atoms with Gasteiger partial charge in [-0.15, -0.1) is 5.10 Å². The van der Waals surface area contributed by atoms with Crippen LogP contribution in [0.1, 0.15) is 6.92 Å². The van der Waals surface area contributed by atoms with Gasteiger partial charge in [0.25, 0.3) is 5.91 Å². The molecule has 1 aromatic heterocycles. The lowest BCUT2D eigenvalue weighted by atomic mass is 10.1. The van der Waals surface area contributed by atoms with Gasteiger partial charge in [0.2, 0.25) is 0 Å². The molecule has 0 radical (unpaired) electrons. The summed E-state index contributed by atoms with van der Waals surface area (Å²) in [5.74, 6) is 1.02. The van der Waals surface area contributed by atoms with Gasteiger partial charge in [-0.3, -0.25) is 9.69 Å². The molecule has 0 unspecified atom stereocenters. The lowest BCUT2D eigenvalue weighted by Gasteiger charge is -2.22. The SMILES string of the molecule is CCN(C(=O)Oc1ccccc1Cl)c1c(-c2ccc3c(c2)OCC(=O)N3)nnn1C. The van der Waals surface area contributed by atoms with Gasteiger partial charge in [-0.2, -0.15) is 0 Å². The average molecular weight is 428 g/mol. The summed E-state index contributed by atoms with van der Waals surface area (Å²) < 4.78 is 12.5. The molecular weight excluding hydrogens is 410 g/mol. The van der Waals surface area contributed by atoms with Crippen molar-refractivity contribution < 1.29 is 19.1 Å². The van der Waals surface area contributed by atoms with E-state index >= 15 is 0 Å². The molecule has 10 heteroatoms. The van der Waals surface area contributed by atoms with Crippen molar-refractivity contribution in [3.05, 3.63) is 47.5 Å². The van der Waals surface area contributed by atoms with Crippen molar-refractivity contribution in [1.29, 1.82) is 0 Å². The van der Waals surface area contributed by atoms with E-state index in [1.807, 2.05) is 6.92 Å². The molecule has 0 saturated heterocycles. The highest BCUT2D eigenvalue weighted by Gasteiger charge is 2.27. The van der Waals surface area contributed by atoms with Gasteiger partial charge < -0.3 is 14.8 Å². The second kappa shape index (κ2) is 8.03. The summed E-state index contributed by atoms with van der Waals surface area (Å²) in [5.41, 5.74) is 1.72. The third-order valence-corrected chi connectivity index (χ3v) is 4.82. The quantitative estimate of drug-likeness (QED) is 0.684. The van der Waals surface area contributed by atoms with Gasteiger partial charge in [0.15, 0.2) is 18.2 Å². The molecule has 0 saturated carbocycles. The van der Waals surface area contributed by atoms with Crippen molar-refractivity contribution >= 4 is 35.1 Å². The van der Waals surface area contributed by atoms with E-state index in [-0.39, 0.29) is 18.3 Å². The Morgan fingerprint density at radius 1 is 1.33 bits per heavy atom. The first kappa shape index (κ1) is 19.7. The number of amides is 2. The number of nitrogens with one attached hydrogen (secondary N) is 1. The first-order valence-corrected chi connectivity index (χ1v) is 9.56. The van der Waals surface area contributed by atoms with Crippen molar-refractivity contribution in [2.24, 2.45) is 7.05 Å². The number of benzene rings is 2. The van der Waals surface area contributed by atoms with Gasteiger partial charge in [-0.1, -0.05) is 35.0 Å². The van der Waals surface area contributed by atoms with Crippen LogP contribution in [-0.4, -0.2) is 40.1 Å². The van der Waals surface area contributed by atoms with Crippen molar-refractivity contribution in [3.63, 3.8) is 0 Å². The van der Waals surface area contributed by atoms with Gasteiger partial charge in [-0.25, -0.2) is 9.48 Å². The molecule has 2 aromatic carbocycles. The Morgan fingerprint density at radius 2 is 2.13 bits per heavy atom. The Balaban J connectivity index is 1.68. The second-order valence-corrected chi connectivity index (χ2v) is 6.88. The zero-order valence-corrected chi connectivity index (χ0v) is 17.0. The van der Waals surface area contributed by atoms with Crippen LogP contribution in [0.25, 0.3) is 11.3 Å². The first-order chi connectivity index (χ1) is 14.5. The molecule has 0 fully saturated rings. The Morgan fingerprint density at radius 3 is 2.90 bits per heavy atom. The van der Waals surface area contributed by atoms with E-state index in [0.717, 1.165) is 0 Å². The van der Waals surface area contributed by atoms with E-state index in [1.54, 1.807) is 49.5 Å². The molecule has 0 aliphatic carbocycles.